The standard InChI is InChI=1S/C28H38FNO/c1-28(2,3)21-12-14-24(15-13-21)31-25-16-17-26(27(29)19-25)20-8-7-11-23(18-20)30(4)22-9-5-6-10-22/h7-8,11,16-19,21-22,24H,5-6,9-10,12-15H2,1-4H3. The zero-order valence-corrected chi connectivity index (χ0v) is 19.7. The van der Waals surface area contributed by atoms with Crippen molar-refractivity contribution in [1.29, 1.82) is 0 Å². The second-order valence-corrected chi connectivity index (χ2v) is 10.7. The quantitative estimate of drug-likeness (QED) is 0.485. The Morgan fingerprint density at radius 3 is 2.26 bits per heavy atom. The maximum Gasteiger partial charge on any atom is 0.134 e. The summed E-state index contributed by atoms with van der Waals surface area (Å²) >= 11 is 0. The molecular weight excluding hydrogens is 385 g/mol. The maximum absolute atomic E-state index is 15.0. The molecule has 0 radical (unpaired) electrons. The number of ether oxygens (including phenoxy) is 1. The van der Waals surface area contributed by atoms with E-state index in [4.69, 9.17) is 4.74 Å². The van der Waals surface area contributed by atoms with Crippen LogP contribution in [0.25, 0.3) is 11.1 Å². The molecule has 2 aromatic carbocycles. The summed E-state index contributed by atoms with van der Waals surface area (Å²) in [6, 6.07) is 14.3. The topological polar surface area (TPSA) is 12.5 Å². The van der Waals surface area contributed by atoms with Crippen molar-refractivity contribution < 1.29 is 9.13 Å². The summed E-state index contributed by atoms with van der Waals surface area (Å²) in [6.07, 6.45) is 9.81. The SMILES string of the molecule is CN(c1cccc(-c2ccc(OC3CCC(C(C)(C)C)CC3)cc2F)c1)C1CCCC1. The number of rotatable bonds is 5. The number of hydrogen-bond donors (Lipinski definition) is 0. The first-order chi connectivity index (χ1) is 14.8. The van der Waals surface area contributed by atoms with Crippen molar-refractivity contribution in [3.63, 3.8) is 0 Å². The smallest absolute Gasteiger partial charge is 0.134 e. The fourth-order valence-electron chi connectivity index (χ4n) is 5.44. The lowest BCUT2D eigenvalue weighted by Crippen LogP contribution is -2.30. The monoisotopic (exact) mass is 423 g/mol. The lowest BCUT2D eigenvalue weighted by atomic mass is 9.72. The first-order valence-electron chi connectivity index (χ1n) is 12.1. The minimum atomic E-state index is -0.207. The average Bonchev–Trinajstić information content (AvgIpc) is 3.28. The number of anilines is 1. The molecule has 0 amide bonds. The zero-order valence-electron chi connectivity index (χ0n) is 19.7. The normalized spacial score (nSPS) is 22.5. The van der Waals surface area contributed by atoms with Crippen LogP contribution in [0, 0.1) is 17.2 Å². The first kappa shape index (κ1) is 22.2. The predicted octanol–water partition coefficient (Wildman–Crippen LogP) is 7.86. The van der Waals surface area contributed by atoms with Crippen LogP contribution in [-0.2, 0) is 0 Å². The van der Waals surface area contributed by atoms with Crippen LogP contribution in [0.3, 0.4) is 0 Å². The van der Waals surface area contributed by atoms with Gasteiger partial charge in [0, 0.05) is 30.4 Å². The molecule has 2 aliphatic rings. The van der Waals surface area contributed by atoms with Gasteiger partial charge < -0.3 is 9.64 Å². The summed E-state index contributed by atoms with van der Waals surface area (Å²) in [6.45, 7) is 6.98. The van der Waals surface area contributed by atoms with Gasteiger partial charge in [0.05, 0.1) is 6.10 Å². The van der Waals surface area contributed by atoms with Crippen LogP contribution in [0.2, 0.25) is 0 Å². The van der Waals surface area contributed by atoms with E-state index in [2.05, 4.69) is 44.9 Å². The molecule has 0 spiro atoms. The van der Waals surface area contributed by atoms with Crippen molar-refractivity contribution in [2.75, 3.05) is 11.9 Å². The summed E-state index contributed by atoms with van der Waals surface area (Å²) in [7, 11) is 2.16. The second-order valence-electron chi connectivity index (χ2n) is 10.7. The Labute approximate surface area is 187 Å². The molecule has 0 saturated heterocycles. The number of benzene rings is 2. The van der Waals surface area contributed by atoms with Crippen LogP contribution in [0.15, 0.2) is 42.5 Å². The lowest BCUT2D eigenvalue weighted by molar-refractivity contribution is 0.0880. The maximum atomic E-state index is 15.0. The van der Waals surface area contributed by atoms with Gasteiger partial charge in [0.25, 0.3) is 0 Å². The molecule has 2 aromatic rings. The van der Waals surface area contributed by atoms with Crippen molar-refractivity contribution in [2.45, 2.75) is 84.3 Å². The molecule has 168 valence electrons. The molecule has 2 fully saturated rings. The number of hydrogen-bond acceptors (Lipinski definition) is 2. The van der Waals surface area contributed by atoms with E-state index in [0.717, 1.165) is 24.3 Å². The van der Waals surface area contributed by atoms with E-state index >= 15 is 4.39 Å². The van der Waals surface area contributed by atoms with Crippen LogP contribution in [-0.4, -0.2) is 19.2 Å². The van der Waals surface area contributed by atoms with Crippen molar-refractivity contribution in [2.24, 2.45) is 11.3 Å². The van der Waals surface area contributed by atoms with Gasteiger partial charge in [-0.1, -0.05) is 45.7 Å². The number of nitrogens with zero attached hydrogens (tertiary/aromatic N) is 1. The summed E-state index contributed by atoms with van der Waals surface area (Å²) in [4.78, 5) is 2.36. The zero-order chi connectivity index (χ0) is 22.0. The largest absolute Gasteiger partial charge is 0.490 e. The molecule has 2 aliphatic carbocycles. The third-order valence-electron chi connectivity index (χ3n) is 7.58. The van der Waals surface area contributed by atoms with Crippen molar-refractivity contribution >= 4 is 5.69 Å². The highest BCUT2D eigenvalue weighted by Gasteiger charge is 2.30. The molecule has 0 aliphatic heterocycles. The molecule has 0 heterocycles. The van der Waals surface area contributed by atoms with Gasteiger partial charge in [0.2, 0.25) is 0 Å². The summed E-state index contributed by atoms with van der Waals surface area (Å²) in [5, 5.41) is 0. The van der Waals surface area contributed by atoms with Crippen molar-refractivity contribution in [1.82, 2.24) is 0 Å². The summed E-state index contributed by atoms with van der Waals surface area (Å²) in [5.74, 6) is 1.20. The first-order valence-corrected chi connectivity index (χ1v) is 12.1. The van der Waals surface area contributed by atoms with E-state index in [1.165, 1.54) is 44.2 Å². The highest BCUT2D eigenvalue weighted by atomic mass is 19.1. The number of halogens is 1. The molecule has 0 aromatic heterocycles. The summed E-state index contributed by atoms with van der Waals surface area (Å²) < 4.78 is 21.2. The molecule has 3 heteroatoms. The predicted molar refractivity (Wildman–Crippen MR) is 128 cm³/mol. The Balaban J connectivity index is 1.43. The second kappa shape index (κ2) is 9.22. The summed E-state index contributed by atoms with van der Waals surface area (Å²) in [5.41, 5.74) is 3.10. The molecule has 31 heavy (non-hydrogen) atoms. The van der Waals surface area contributed by atoms with E-state index in [1.807, 2.05) is 24.3 Å². The van der Waals surface area contributed by atoms with E-state index < -0.39 is 0 Å². The molecular formula is C28H38FNO. The average molecular weight is 424 g/mol. The van der Waals surface area contributed by atoms with Gasteiger partial charge in [0.1, 0.15) is 11.6 Å². The minimum Gasteiger partial charge on any atom is -0.490 e. The molecule has 2 saturated carbocycles. The highest BCUT2D eigenvalue weighted by molar-refractivity contribution is 5.69. The fourth-order valence-corrected chi connectivity index (χ4v) is 5.44. The molecule has 0 unspecified atom stereocenters. The van der Waals surface area contributed by atoms with Crippen LogP contribution in [0.5, 0.6) is 5.75 Å². The van der Waals surface area contributed by atoms with E-state index in [1.54, 1.807) is 6.07 Å². The Morgan fingerprint density at radius 2 is 1.61 bits per heavy atom. The molecule has 0 N–H and O–H groups in total. The Kier molecular flexibility index (Phi) is 6.60. The van der Waals surface area contributed by atoms with E-state index in [9.17, 15) is 0 Å². The lowest BCUT2D eigenvalue weighted by Gasteiger charge is -2.36. The van der Waals surface area contributed by atoms with Crippen LogP contribution in [0.4, 0.5) is 10.1 Å². The van der Waals surface area contributed by atoms with Gasteiger partial charge in [-0.15, -0.1) is 0 Å². The highest BCUT2D eigenvalue weighted by Crippen LogP contribution is 2.39. The molecule has 4 rings (SSSR count). The van der Waals surface area contributed by atoms with Gasteiger partial charge in [-0.3, -0.25) is 0 Å². The molecule has 2 nitrogen and oxygen atoms in total. The fraction of sp³-hybridized carbons (Fsp3) is 0.571. The van der Waals surface area contributed by atoms with E-state index in [0.29, 0.717) is 22.8 Å². The van der Waals surface area contributed by atoms with Crippen LogP contribution in [0.1, 0.15) is 72.1 Å². The van der Waals surface area contributed by atoms with Gasteiger partial charge in [0.15, 0.2) is 0 Å². The Bertz CT molecular complexity index is 873. The van der Waals surface area contributed by atoms with E-state index in [-0.39, 0.29) is 11.9 Å². The Morgan fingerprint density at radius 1 is 0.903 bits per heavy atom. The van der Waals surface area contributed by atoms with Gasteiger partial charge >= 0.3 is 0 Å². The molecule has 0 atom stereocenters. The molecule has 0 bridgehead atoms. The third-order valence-corrected chi connectivity index (χ3v) is 7.58. The van der Waals surface area contributed by atoms with Gasteiger partial charge in [-0.25, -0.2) is 4.39 Å². The van der Waals surface area contributed by atoms with Gasteiger partial charge in [-0.2, -0.15) is 0 Å². The van der Waals surface area contributed by atoms with Gasteiger partial charge in [-0.05, 0) is 79.7 Å². The van der Waals surface area contributed by atoms with Crippen LogP contribution < -0.4 is 9.64 Å². The Hall–Kier alpha value is -2.03. The minimum absolute atomic E-state index is 0.201. The third kappa shape index (κ3) is 5.25. The van der Waals surface area contributed by atoms with Crippen LogP contribution >= 0.6 is 0 Å². The van der Waals surface area contributed by atoms with Crippen molar-refractivity contribution in [3.8, 4) is 16.9 Å². The van der Waals surface area contributed by atoms with Crippen molar-refractivity contribution in [3.05, 3.63) is 48.3 Å².